The third kappa shape index (κ3) is 6.41. The lowest BCUT2D eigenvalue weighted by molar-refractivity contribution is -0.121. The molecule has 0 unspecified atom stereocenters. The van der Waals surface area contributed by atoms with Crippen molar-refractivity contribution in [3.05, 3.63) is 71.3 Å². The molecule has 5 nitrogen and oxygen atoms in total. The summed E-state index contributed by atoms with van der Waals surface area (Å²) in [7, 11) is 0. The van der Waals surface area contributed by atoms with Crippen LogP contribution in [0, 0.1) is 0 Å². The lowest BCUT2D eigenvalue weighted by Crippen LogP contribution is -2.30. The number of carbonyl (C=O) groups is 2. The smallest absolute Gasteiger partial charge is 0.281 e. The molecule has 1 saturated heterocycles. The Kier molecular flexibility index (Phi) is 7.30. The van der Waals surface area contributed by atoms with Gasteiger partial charge in [-0.15, -0.1) is 0 Å². The van der Waals surface area contributed by atoms with Crippen molar-refractivity contribution in [3.8, 4) is 0 Å². The number of thioether (sulfide) groups is 1. The Morgan fingerprint density at radius 3 is 2.33 bits per heavy atom. The van der Waals surface area contributed by atoms with E-state index in [1.165, 1.54) is 11.8 Å². The van der Waals surface area contributed by atoms with Crippen molar-refractivity contribution in [2.45, 2.75) is 26.2 Å². The zero-order valence-corrected chi connectivity index (χ0v) is 16.0. The standard InChI is InChI=1S/C21H24N2O3S/c24-20(10-11-23-12-13-27-21(23)25)22-14-17-6-8-19(9-7-17)16-26-15-18-4-2-1-3-5-18/h1-9H,10-16H2,(H,22,24). The molecule has 1 fully saturated rings. The van der Waals surface area contributed by atoms with Crippen molar-refractivity contribution >= 4 is 22.9 Å². The molecule has 0 radical (unpaired) electrons. The predicted molar refractivity (Wildman–Crippen MR) is 107 cm³/mol. The molecule has 0 bridgehead atoms. The number of nitrogens with one attached hydrogen (secondary N) is 1. The maximum atomic E-state index is 11.9. The molecular weight excluding hydrogens is 360 g/mol. The largest absolute Gasteiger partial charge is 0.372 e. The minimum atomic E-state index is -0.0324. The van der Waals surface area contributed by atoms with E-state index in [1.807, 2.05) is 54.6 Å². The van der Waals surface area contributed by atoms with Crippen LogP contribution in [0.15, 0.2) is 54.6 Å². The Bertz CT molecular complexity index is 750. The SMILES string of the molecule is O=C(CCN1CCSC1=O)NCc1ccc(COCc2ccccc2)cc1. The molecule has 0 saturated carbocycles. The molecule has 0 aliphatic carbocycles. The van der Waals surface area contributed by atoms with Crippen molar-refractivity contribution in [1.82, 2.24) is 10.2 Å². The molecule has 1 aliphatic heterocycles. The lowest BCUT2D eigenvalue weighted by atomic mass is 10.1. The topological polar surface area (TPSA) is 58.6 Å². The molecule has 0 aromatic heterocycles. The highest BCUT2D eigenvalue weighted by Crippen LogP contribution is 2.17. The van der Waals surface area contributed by atoms with E-state index in [-0.39, 0.29) is 11.1 Å². The summed E-state index contributed by atoms with van der Waals surface area (Å²) in [5, 5.41) is 2.98. The van der Waals surface area contributed by atoms with Crippen LogP contribution in [-0.4, -0.2) is 34.9 Å². The van der Waals surface area contributed by atoms with E-state index in [4.69, 9.17) is 4.74 Å². The second-order valence-electron chi connectivity index (χ2n) is 6.42. The highest BCUT2D eigenvalue weighted by molar-refractivity contribution is 8.13. The number of amides is 2. The quantitative estimate of drug-likeness (QED) is 0.718. The van der Waals surface area contributed by atoms with Gasteiger partial charge in [0, 0.05) is 31.8 Å². The molecule has 2 aromatic carbocycles. The first-order valence-corrected chi connectivity index (χ1v) is 10.1. The zero-order valence-electron chi connectivity index (χ0n) is 15.2. The fraction of sp³-hybridized carbons (Fsp3) is 0.333. The van der Waals surface area contributed by atoms with Crippen LogP contribution in [-0.2, 0) is 29.3 Å². The Morgan fingerprint density at radius 1 is 1.00 bits per heavy atom. The average Bonchev–Trinajstić information content (AvgIpc) is 3.11. The van der Waals surface area contributed by atoms with Crippen LogP contribution >= 0.6 is 11.8 Å². The Labute approximate surface area is 164 Å². The average molecular weight is 385 g/mol. The van der Waals surface area contributed by atoms with E-state index in [0.29, 0.717) is 32.7 Å². The van der Waals surface area contributed by atoms with Crippen LogP contribution in [0.5, 0.6) is 0 Å². The van der Waals surface area contributed by atoms with Gasteiger partial charge in [0.25, 0.3) is 5.24 Å². The molecule has 2 amide bonds. The Hall–Kier alpha value is -2.31. The number of nitrogens with zero attached hydrogens (tertiary/aromatic N) is 1. The minimum absolute atomic E-state index is 0.0324. The van der Waals surface area contributed by atoms with Gasteiger partial charge in [-0.3, -0.25) is 9.59 Å². The first-order valence-electron chi connectivity index (χ1n) is 9.08. The monoisotopic (exact) mass is 384 g/mol. The lowest BCUT2D eigenvalue weighted by Gasteiger charge is -2.14. The van der Waals surface area contributed by atoms with Gasteiger partial charge < -0.3 is 15.0 Å². The summed E-state index contributed by atoms with van der Waals surface area (Å²) in [6.45, 7) is 2.88. The summed E-state index contributed by atoms with van der Waals surface area (Å²) in [6, 6.07) is 18.1. The van der Waals surface area contributed by atoms with Gasteiger partial charge in [0.15, 0.2) is 0 Å². The molecule has 1 N–H and O–H groups in total. The number of rotatable bonds is 9. The van der Waals surface area contributed by atoms with Crippen molar-refractivity contribution in [2.75, 3.05) is 18.8 Å². The van der Waals surface area contributed by atoms with Gasteiger partial charge in [-0.2, -0.15) is 0 Å². The summed E-state index contributed by atoms with van der Waals surface area (Å²) in [6.07, 6.45) is 0.345. The third-order valence-corrected chi connectivity index (χ3v) is 5.24. The second kappa shape index (κ2) is 10.1. The van der Waals surface area contributed by atoms with Crippen LogP contribution in [0.3, 0.4) is 0 Å². The number of benzene rings is 2. The molecule has 6 heteroatoms. The fourth-order valence-electron chi connectivity index (χ4n) is 2.77. The Morgan fingerprint density at radius 2 is 1.67 bits per heavy atom. The third-order valence-electron chi connectivity index (χ3n) is 4.35. The molecule has 1 heterocycles. The van der Waals surface area contributed by atoms with Crippen molar-refractivity contribution < 1.29 is 14.3 Å². The van der Waals surface area contributed by atoms with Crippen LogP contribution in [0.25, 0.3) is 0 Å². The zero-order chi connectivity index (χ0) is 18.9. The Balaban J connectivity index is 1.34. The molecule has 142 valence electrons. The van der Waals surface area contributed by atoms with Crippen LogP contribution in [0.2, 0.25) is 0 Å². The van der Waals surface area contributed by atoms with Gasteiger partial charge >= 0.3 is 0 Å². The van der Waals surface area contributed by atoms with Gasteiger partial charge in [0.1, 0.15) is 0 Å². The highest BCUT2D eigenvalue weighted by Gasteiger charge is 2.21. The molecule has 0 atom stereocenters. The second-order valence-corrected chi connectivity index (χ2v) is 7.47. The molecule has 0 spiro atoms. The number of ether oxygens (including phenoxy) is 1. The maximum Gasteiger partial charge on any atom is 0.281 e. The summed E-state index contributed by atoms with van der Waals surface area (Å²) >= 11 is 1.32. The maximum absolute atomic E-state index is 11.9. The van der Waals surface area contributed by atoms with Gasteiger partial charge in [-0.05, 0) is 16.7 Å². The summed E-state index contributed by atoms with van der Waals surface area (Å²) in [4.78, 5) is 25.2. The molecule has 2 aromatic rings. The van der Waals surface area contributed by atoms with E-state index in [9.17, 15) is 9.59 Å². The minimum Gasteiger partial charge on any atom is -0.372 e. The molecule has 1 aliphatic rings. The van der Waals surface area contributed by atoms with Crippen LogP contribution in [0.4, 0.5) is 4.79 Å². The van der Waals surface area contributed by atoms with E-state index in [2.05, 4.69) is 5.32 Å². The number of carbonyl (C=O) groups excluding carboxylic acids is 2. The van der Waals surface area contributed by atoms with Crippen molar-refractivity contribution in [3.63, 3.8) is 0 Å². The summed E-state index contributed by atoms with van der Waals surface area (Å²) < 4.78 is 5.73. The highest BCUT2D eigenvalue weighted by atomic mass is 32.2. The first-order chi connectivity index (χ1) is 13.2. The fourth-order valence-corrected chi connectivity index (χ4v) is 3.62. The van der Waals surface area contributed by atoms with Gasteiger partial charge in [0.05, 0.1) is 13.2 Å². The normalized spacial score (nSPS) is 13.8. The molecule has 27 heavy (non-hydrogen) atoms. The van der Waals surface area contributed by atoms with Gasteiger partial charge in [-0.1, -0.05) is 66.4 Å². The molecular formula is C21H24N2O3S. The summed E-state index contributed by atoms with van der Waals surface area (Å²) in [5.74, 6) is 0.789. The van der Waals surface area contributed by atoms with E-state index >= 15 is 0 Å². The molecule has 3 rings (SSSR count). The van der Waals surface area contributed by atoms with E-state index < -0.39 is 0 Å². The van der Waals surface area contributed by atoms with Crippen LogP contribution in [0.1, 0.15) is 23.1 Å². The first kappa shape index (κ1) is 19.5. The van der Waals surface area contributed by atoms with E-state index in [0.717, 1.165) is 29.0 Å². The van der Waals surface area contributed by atoms with Gasteiger partial charge in [0.2, 0.25) is 5.91 Å². The number of hydrogen-bond donors (Lipinski definition) is 1. The van der Waals surface area contributed by atoms with Crippen molar-refractivity contribution in [2.24, 2.45) is 0 Å². The van der Waals surface area contributed by atoms with E-state index in [1.54, 1.807) is 4.90 Å². The summed E-state index contributed by atoms with van der Waals surface area (Å²) in [5.41, 5.74) is 3.31. The van der Waals surface area contributed by atoms with Crippen LogP contribution < -0.4 is 5.32 Å². The van der Waals surface area contributed by atoms with Gasteiger partial charge in [-0.25, -0.2) is 0 Å². The predicted octanol–water partition coefficient (Wildman–Crippen LogP) is 3.58. The van der Waals surface area contributed by atoms with Crippen molar-refractivity contribution in [1.29, 1.82) is 0 Å². The number of hydrogen-bond acceptors (Lipinski definition) is 4.